The summed E-state index contributed by atoms with van der Waals surface area (Å²) in [5.41, 5.74) is 1.55. The number of hydrogen-bond acceptors (Lipinski definition) is 4. The van der Waals surface area contributed by atoms with E-state index in [1.807, 2.05) is 16.9 Å². The van der Waals surface area contributed by atoms with Crippen LogP contribution < -0.4 is 0 Å². The fourth-order valence-corrected chi connectivity index (χ4v) is 3.53. The van der Waals surface area contributed by atoms with Crippen molar-refractivity contribution in [2.75, 3.05) is 19.8 Å². The van der Waals surface area contributed by atoms with Crippen molar-refractivity contribution in [3.63, 3.8) is 0 Å². The molecule has 4 heteroatoms. The normalized spacial score (nSPS) is 21.5. The van der Waals surface area contributed by atoms with E-state index in [2.05, 4.69) is 24.3 Å². The molecular formula is C11H14O2S2. The lowest BCUT2D eigenvalue weighted by atomic mass is 10.2. The summed E-state index contributed by atoms with van der Waals surface area (Å²) in [6, 6.07) is 10.5. The average Bonchev–Trinajstić information content (AvgIpc) is 2.32. The Labute approximate surface area is 98.1 Å². The monoisotopic (exact) mass is 242 g/mol. The van der Waals surface area contributed by atoms with E-state index >= 15 is 0 Å². The van der Waals surface area contributed by atoms with Crippen LogP contribution in [0.3, 0.4) is 0 Å². The minimum Gasteiger partial charge on any atom is -0.375 e. The number of benzene rings is 1. The third-order valence-corrected chi connectivity index (χ3v) is 4.51. The van der Waals surface area contributed by atoms with Gasteiger partial charge in [-0.1, -0.05) is 51.9 Å². The van der Waals surface area contributed by atoms with Crippen LogP contribution in [0.2, 0.25) is 0 Å². The standard InChI is InChI=1S/C11H14O2S2/c1-2-4-10(5-3-1)9-14-15-11-8-12-6-7-13-11/h1-5,11H,6-9H2. The number of ether oxygens (including phenoxy) is 2. The first kappa shape index (κ1) is 11.3. The summed E-state index contributed by atoms with van der Waals surface area (Å²) in [6.07, 6.45) is 0. The van der Waals surface area contributed by atoms with Crippen molar-refractivity contribution in [3.05, 3.63) is 35.9 Å². The SMILES string of the molecule is c1ccc(CSSC2COCCO2)cc1. The molecular weight excluding hydrogens is 228 g/mol. The Balaban J connectivity index is 1.66. The van der Waals surface area contributed by atoms with Gasteiger partial charge in [0, 0.05) is 5.75 Å². The van der Waals surface area contributed by atoms with E-state index in [1.54, 1.807) is 10.8 Å². The van der Waals surface area contributed by atoms with Gasteiger partial charge in [-0.3, -0.25) is 0 Å². The van der Waals surface area contributed by atoms with Gasteiger partial charge in [-0.2, -0.15) is 0 Å². The van der Waals surface area contributed by atoms with Crippen LogP contribution in [0, 0.1) is 0 Å². The summed E-state index contributed by atoms with van der Waals surface area (Å²) in [7, 11) is 3.59. The number of hydrogen-bond donors (Lipinski definition) is 0. The fraction of sp³-hybridized carbons (Fsp3) is 0.455. The first-order chi connectivity index (χ1) is 7.45. The van der Waals surface area contributed by atoms with Gasteiger partial charge in [0.15, 0.2) is 0 Å². The first-order valence-electron chi connectivity index (χ1n) is 4.97. The molecule has 0 bridgehead atoms. The van der Waals surface area contributed by atoms with E-state index in [9.17, 15) is 0 Å². The molecule has 1 aromatic carbocycles. The summed E-state index contributed by atoms with van der Waals surface area (Å²) in [4.78, 5) is 0. The van der Waals surface area contributed by atoms with Crippen molar-refractivity contribution in [3.8, 4) is 0 Å². The molecule has 0 amide bonds. The van der Waals surface area contributed by atoms with Gasteiger partial charge in [0.2, 0.25) is 0 Å². The Morgan fingerprint density at radius 2 is 2.07 bits per heavy atom. The average molecular weight is 242 g/mol. The van der Waals surface area contributed by atoms with E-state index in [4.69, 9.17) is 9.47 Å². The zero-order valence-electron chi connectivity index (χ0n) is 8.43. The molecule has 0 aromatic heterocycles. The van der Waals surface area contributed by atoms with E-state index in [-0.39, 0.29) is 5.44 Å². The maximum Gasteiger partial charge on any atom is 0.136 e. The maximum atomic E-state index is 5.53. The molecule has 2 nitrogen and oxygen atoms in total. The molecule has 0 saturated carbocycles. The molecule has 82 valence electrons. The summed E-state index contributed by atoms with van der Waals surface area (Å²) in [5.74, 6) is 1.02. The third kappa shape index (κ3) is 4.07. The molecule has 1 saturated heterocycles. The second-order valence-electron chi connectivity index (χ2n) is 3.22. The van der Waals surface area contributed by atoms with Crippen LogP contribution >= 0.6 is 21.6 Å². The molecule has 0 N–H and O–H groups in total. The largest absolute Gasteiger partial charge is 0.375 e. The van der Waals surface area contributed by atoms with Gasteiger partial charge in [-0.05, 0) is 5.56 Å². The van der Waals surface area contributed by atoms with Crippen molar-refractivity contribution < 1.29 is 9.47 Å². The third-order valence-electron chi connectivity index (χ3n) is 2.03. The van der Waals surface area contributed by atoms with E-state index < -0.39 is 0 Å². The van der Waals surface area contributed by atoms with Gasteiger partial charge in [0.05, 0.1) is 19.8 Å². The lowest BCUT2D eigenvalue weighted by molar-refractivity contribution is -0.0492. The van der Waals surface area contributed by atoms with Gasteiger partial charge < -0.3 is 9.47 Å². The topological polar surface area (TPSA) is 18.5 Å². The quantitative estimate of drug-likeness (QED) is 0.755. The van der Waals surface area contributed by atoms with Crippen molar-refractivity contribution in [2.24, 2.45) is 0 Å². The smallest absolute Gasteiger partial charge is 0.136 e. The van der Waals surface area contributed by atoms with Crippen LogP contribution in [0.4, 0.5) is 0 Å². The van der Waals surface area contributed by atoms with Crippen molar-refractivity contribution in [2.45, 2.75) is 11.2 Å². The summed E-state index contributed by atoms with van der Waals surface area (Å²) >= 11 is 0. The highest BCUT2D eigenvalue weighted by atomic mass is 33.1. The van der Waals surface area contributed by atoms with E-state index in [1.165, 1.54) is 5.56 Å². The van der Waals surface area contributed by atoms with Gasteiger partial charge in [-0.15, -0.1) is 0 Å². The summed E-state index contributed by atoms with van der Waals surface area (Å²) < 4.78 is 10.9. The van der Waals surface area contributed by atoms with Crippen LogP contribution in [0.25, 0.3) is 0 Å². The Morgan fingerprint density at radius 1 is 1.20 bits per heavy atom. The molecule has 1 atom stereocenters. The molecule has 15 heavy (non-hydrogen) atoms. The second kappa shape index (κ2) is 6.43. The minimum absolute atomic E-state index is 0.201. The molecule has 1 unspecified atom stereocenters. The molecule has 1 fully saturated rings. The zero-order chi connectivity index (χ0) is 10.3. The Hall–Kier alpha value is -0.160. The van der Waals surface area contributed by atoms with Crippen molar-refractivity contribution in [1.82, 2.24) is 0 Å². The molecule has 1 heterocycles. The Kier molecular flexibility index (Phi) is 4.86. The molecule has 0 spiro atoms. The van der Waals surface area contributed by atoms with Crippen molar-refractivity contribution >= 4 is 21.6 Å². The molecule has 1 aliphatic rings. The minimum atomic E-state index is 0.201. The summed E-state index contributed by atoms with van der Waals surface area (Å²) in [6.45, 7) is 2.18. The van der Waals surface area contributed by atoms with Gasteiger partial charge in [-0.25, -0.2) is 0 Å². The lowest BCUT2D eigenvalue weighted by Crippen LogP contribution is -2.25. The van der Waals surface area contributed by atoms with Gasteiger partial charge in [0.1, 0.15) is 5.44 Å². The molecule has 1 aromatic rings. The maximum absolute atomic E-state index is 5.53. The van der Waals surface area contributed by atoms with Crippen LogP contribution in [0.5, 0.6) is 0 Å². The van der Waals surface area contributed by atoms with Crippen LogP contribution in [0.1, 0.15) is 5.56 Å². The Bertz CT molecular complexity index is 273. The highest BCUT2D eigenvalue weighted by molar-refractivity contribution is 8.76. The van der Waals surface area contributed by atoms with Crippen molar-refractivity contribution in [1.29, 1.82) is 0 Å². The van der Waals surface area contributed by atoms with Gasteiger partial charge >= 0.3 is 0 Å². The predicted molar refractivity (Wildman–Crippen MR) is 65.9 cm³/mol. The van der Waals surface area contributed by atoms with E-state index in [0.717, 1.165) is 19.0 Å². The molecule has 2 rings (SSSR count). The van der Waals surface area contributed by atoms with E-state index in [0.29, 0.717) is 6.61 Å². The van der Waals surface area contributed by atoms with Crippen LogP contribution in [0.15, 0.2) is 30.3 Å². The fourth-order valence-electron chi connectivity index (χ4n) is 1.27. The second-order valence-corrected chi connectivity index (χ2v) is 5.75. The molecule has 1 aliphatic heterocycles. The Morgan fingerprint density at radius 3 is 2.80 bits per heavy atom. The highest BCUT2D eigenvalue weighted by Gasteiger charge is 2.14. The van der Waals surface area contributed by atoms with Crippen LogP contribution in [-0.4, -0.2) is 25.3 Å². The van der Waals surface area contributed by atoms with Gasteiger partial charge in [0.25, 0.3) is 0 Å². The first-order valence-corrected chi connectivity index (χ1v) is 7.35. The highest BCUT2D eigenvalue weighted by Crippen LogP contribution is 2.31. The molecule has 0 radical (unpaired) electrons. The zero-order valence-corrected chi connectivity index (χ0v) is 10.1. The summed E-state index contributed by atoms with van der Waals surface area (Å²) in [5, 5.41) is 0. The molecule has 0 aliphatic carbocycles. The number of rotatable bonds is 4. The van der Waals surface area contributed by atoms with Crippen LogP contribution in [-0.2, 0) is 15.2 Å². The lowest BCUT2D eigenvalue weighted by Gasteiger charge is -2.21. The predicted octanol–water partition coefficient (Wildman–Crippen LogP) is 2.94.